The van der Waals surface area contributed by atoms with Crippen LogP contribution in [-0.2, 0) is 6.42 Å². The SMILES string of the molecule is CCc1cccc2c1[nH]c1ccccc12.OB(O)F.OB(O)F.OB(O)F.OB(O)F. The summed E-state index contributed by atoms with van der Waals surface area (Å²) in [6.45, 7) is 2.19. The van der Waals surface area contributed by atoms with E-state index in [0.29, 0.717) is 0 Å². The van der Waals surface area contributed by atoms with Gasteiger partial charge in [0.25, 0.3) is 0 Å². The monoisotopic (exact) mass is 451 g/mol. The Morgan fingerprint density at radius 1 is 0.645 bits per heavy atom. The number of aryl methyl sites for hydroxylation is 1. The molecule has 0 saturated carbocycles. The van der Waals surface area contributed by atoms with Crippen molar-refractivity contribution in [3.63, 3.8) is 0 Å². The Labute approximate surface area is 176 Å². The van der Waals surface area contributed by atoms with Crippen LogP contribution in [0.5, 0.6) is 0 Å². The third kappa shape index (κ3) is 17.3. The molecule has 9 nitrogen and oxygen atoms in total. The first-order chi connectivity index (χ1) is 14.3. The van der Waals surface area contributed by atoms with E-state index in [2.05, 4.69) is 54.4 Å². The van der Waals surface area contributed by atoms with E-state index in [1.807, 2.05) is 0 Å². The van der Waals surface area contributed by atoms with Crippen molar-refractivity contribution in [2.24, 2.45) is 0 Å². The van der Waals surface area contributed by atoms with Gasteiger partial charge >= 0.3 is 29.6 Å². The first kappa shape index (κ1) is 31.1. The number of rotatable bonds is 1. The fraction of sp³-hybridized carbons (Fsp3) is 0.143. The van der Waals surface area contributed by atoms with Crippen molar-refractivity contribution in [3.05, 3.63) is 48.0 Å². The molecule has 0 amide bonds. The summed E-state index contributed by atoms with van der Waals surface area (Å²) in [6.07, 6.45) is 1.07. The molecule has 31 heavy (non-hydrogen) atoms. The second kappa shape index (κ2) is 17.6. The topological polar surface area (TPSA) is 178 Å². The largest absolute Gasteiger partial charge is 0.674 e. The first-order valence-corrected chi connectivity index (χ1v) is 8.32. The highest BCUT2D eigenvalue weighted by Gasteiger charge is 2.05. The zero-order chi connectivity index (χ0) is 24.6. The molecular weight excluding hydrogens is 429 g/mol. The number of para-hydroxylation sites is 2. The second-order valence-corrected chi connectivity index (χ2v) is 5.11. The van der Waals surface area contributed by atoms with E-state index in [9.17, 15) is 17.3 Å². The minimum absolute atomic E-state index is 1.07. The summed E-state index contributed by atoms with van der Waals surface area (Å²) in [5.74, 6) is 0. The maximum absolute atomic E-state index is 10.1. The van der Waals surface area contributed by atoms with Gasteiger partial charge in [0, 0.05) is 21.8 Å². The summed E-state index contributed by atoms with van der Waals surface area (Å²) in [4.78, 5) is 3.50. The van der Waals surface area contributed by atoms with Crippen LogP contribution in [0.4, 0.5) is 17.3 Å². The Hall–Kier alpha value is -2.10. The predicted molar refractivity (Wildman–Crippen MR) is 110 cm³/mol. The second-order valence-electron chi connectivity index (χ2n) is 5.11. The molecule has 170 valence electrons. The number of aromatic amines is 1. The molecule has 2 aromatic carbocycles. The van der Waals surface area contributed by atoms with E-state index in [0.717, 1.165) is 6.42 Å². The summed E-state index contributed by atoms with van der Waals surface area (Å²) >= 11 is 0. The van der Waals surface area contributed by atoms with Crippen LogP contribution in [0.3, 0.4) is 0 Å². The van der Waals surface area contributed by atoms with E-state index in [1.54, 1.807) is 0 Å². The Bertz CT molecular complexity index is 809. The molecule has 0 aliphatic carbocycles. The van der Waals surface area contributed by atoms with Crippen molar-refractivity contribution in [3.8, 4) is 0 Å². The van der Waals surface area contributed by atoms with Gasteiger partial charge in [0.15, 0.2) is 0 Å². The Morgan fingerprint density at radius 3 is 1.45 bits per heavy atom. The Kier molecular flexibility index (Phi) is 17.6. The van der Waals surface area contributed by atoms with Gasteiger partial charge in [0.05, 0.1) is 0 Å². The van der Waals surface area contributed by atoms with Gasteiger partial charge in [0.1, 0.15) is 0 Å². The van der Waals surface area contributed by atoms with Gasteiger partial charge in [-0.25, -0.2) is 0 Å². The average Bonchev–Trinajstić information content (AvgIpc) is 2.98. The fourth-order valence-corrected chi connectivity index (χ4v) is 2.23. The van der Waals surface area contributed by atoms with Crippen LogP contribution in [0.15, 0.2) is 42.5 Å². The molecule has 0 aliphatic rings. The molecule has 0 radical (unpaired) electrons. The number of hydrogen-bond acceptors (Lipinski definition) is 8. The van der Waals surface area contributed by atoms with E-state index in [1.165, 1.54) is 27.4 Å². The highest BCUT2D eigenvalue weighted by Crippen LogP contribution is 2.27. The quantitative estimate of drug-likeness (QED) is 0.177. The van der Waals surface area contributed by atoms with Crippen LogP contribution < -0.4 is 0 Å². The maximum atomic E-state index is 10.1. The number of aromatic nitrogens is 1. The zero-order valence-corrected chi connectivity index (χ0v) is 16.1. The molecule has 0 fully saturated rings. The van der Waals surface area contributed by atoms with E-state index in [4.69, 9.17) is 40.2 Å². The maximum Gasteiger partial charge on any atom is 0.674 e. The molecule has 1 aromatic heterocycles. The molecule has 1 heterocycles. The first-order valence-electron chi connectivity index (χ1n) is 8.32. The van der Waals surface area contributed by atoms with Gasteiger partial charge in [-0.1, -0.05) is 43.3 Å². The lowest BCUT2D eigenvalue weighted by atomic mass is 10.1. The highest BCUT2D eigenvalue weighted by atomic mass is 19.1. The van der Waals surface area contributed by atoms with Gasteiger partial charge in [0.2, 0.25) is 0 Å². The summed E-state index contributed by atoms with van der Waals surface area (Å²) in [5.41, 5.74) is 3.92. The predicted octanol–water partition coefficient (Wildman–Crippen LogP) is -0.415. The van der Waals surface area contributed by atoms with Crippen molar-refractivity contribution >= 4 is 51.4 Å². The number of fused-ring (bicyclic) bond motifs is 3. The Morgan fingerprint density at radius 2 is 1.03 bits per heavy atom. The van der Waals surface area contributed by atoms with Crippen molar-refractivity contribution in [1.29, 1.82) is 0 Å². The van der Waals surface area contributed by atoms with Crippen LogP contribution >= 0.6 is 0 Å². The van der Waals surface area contributed by atoms with E-state index in [-0.39, 0.29) is 0 Å². The van der Waals surface area contributed by atoms with Crippen molar-refractivity contribution in [2.45, 2.75) is 13.3 Å². The molecule has 9 N–H and O–H groups in total. The number of H-pyrrole nitrogens is 1. The number of benzene rings is 2. The fourth-order valence-electron chi connectivity index (χ4n) is 2.23. The molecule has 0 spiro atoms. The third-order valence-electron chi connectivity index (χ3n) is 3.01. The van der Waals surface area contributed by atoms with Crippen molar-refractivity contribution in [1.82, 2.24) is 4.98 Å². The standard InChI is InChI=1S/C14H13N.4BFH2O2/c1-2-10-6-5-8-12-11-7-3-4-9-13(11)15-14(10)12;4*2-1(3)4/h3-9,15H,2H2,1H3;4*3-4H. The highest BCUT2D eigenvalue weighted by molar-refractivity contribution is 6.32. The third-order valence-corrected chi connectivity index (χ3v) is 3.01. The minimum Gasteiger partial charge on any atom is -0.398 e. The normalized spacial score (nSPS) is 8.94. The molecule has 3 rings (SSSR count). The zero-order valence-electron chi connectivity index (χ0n) is 16.1. The molecule has 17 heteroatoms. The van der Waals surface area contributed by atoms with Gasteiger partial charge in [-0.3, -0.25) is 17.3 Å². The molecule has 0 bridgehead atoms. The molecule has 3 aromatic rings. The molecule has 0 atom stereocenters. The van der Waals surface area contributed by atoms with Crippen molar-refractivity contribution in [2.75, 3.05) is 0 Å². The smallest absolute Gasteiger partial charge is 0.398 e. The summed E-state index contributed by atoms with van der Waals surface area (Å²) in [5, 5.41) is 58.2. The average molecular weight is 451 g/mol. The minimum atomic E-state index is -2.67. The van der Waals surface area contributed by atoms with Crippen LogP contribution in [0.2, 0.25) is 0 Å². The lowest BCUT2D eigenvalue weighted by molar-refractivity contribution is 0.338. The van der Waals surface area contributed by atoms with Gasteiger partial charge in [-0.2, -0.15) is 0 Å². The summed E-state index contributed by atoms with van der Waals surface area (Å²) in [7, 11) is -10.7. The lowest BCUT2D eigenvalue weighted by Gasteiger charge is -1.97. The van der Waals surface area contributed by atoms with Crippen molar-refractivity contribution < 1.29 is 57.5 Å². The molecule has 0 aliphatic heterocycles. The van der Waals surface area contributed by atoms with Crippen LogP contribution in [-0.4, -0.2) is 74.8 Å². The Balaban J connectivity index is 0. The number of hydrogen-bond donors (Lipinski definition) is 9. The molecule has 0 saturated heterocycles. The number of nitrogens with one attached hydrogen (secondary N) is 1. The lowest BCUT2D eigenvalue weighted by Crippen LogP contribution is -1.98. The van der Waals surface area contributed by atoms with Gasteiger partial charge < -0.3 is 45.2 Å². The van der Waals surface area contributed by atoms with Gasteiger partial charge in [-0.15, -0.1) is 0 Å². The van der Waals surface area contributed by atoms with Crippen LogP contribution in [0, 0.1) is 0 Å². The summed E-state index contributed by atoms with van der Waals surface area (Å²) in [6, 6.07) is 15.0. The van der Waals surface area contributed by atoms with E-state index < -0.39 is 29.6 Å². The van der Waals surface area contributed by atoms with E-state index >= 15 is 0 Å². The molecule has 0 unspecified atom stereocenters. The van der Waals surface area contributed by atoms with Crippen LogP contribution in [0.1, 0.15) is 12.5 Å². The van der Waals surface area contributed by atoms with Crippen LogP contribution in [0.25, 0.3) is 21.8 Å². The molecular formula is C14H21B4F4NO8. The number of halogens is 4. The van der Waals surface area contributed by atoms with Gasteiger partial charge in [-0.05, 0) is 18.1 Å². The summed E-state index contributed by atoms with van der Waals surface area (Å²) < 4.78 is 40.4.